The molecule has 0 unspecified atom stereocenters. The fraction of sp³-hybridized carbons (Fsp3) is 0.654. The normalized spacial score (nSPS) is 23.5. The molecule has 186 valence electrons. The molecular formula is C26H45NO4Si2. The van der Waals surface area contributed by atoms with Gasteiger partial charge in [-0.15, -0.1) is 6.58 Å². The van der Waals surface area contributed by atoms with E-state index in [4.69, 9.17) is 18.6 Å². The van der Waals surface area contributed by atoms with E-state index in [1.807, 2.05) is 30.3 Å². The van der Waals surface area contributed by atoms with E-state index < -0.39 is 34.9 Å². The Morgan fingerprint density at radius 3 is 2.06 bits per heavy atom. The highest BCUT2D eigenvalue weighted by atomic mass is 28.4. The second-order valence-corrected chi connectivity index (χ2v) is 21.7. The van der Waals surface area contributed by atoms with Crippen molar-refractivity contribution in [2.24, 2.45) is 4.99 Å². The lowest BCUT2D eigenvalue weighted by molar-refractivity contribution is -0.0530. The molecule has 0 aliphatic carbocycles. The van der Waals surface area contributed by atoms with Crippen LogP contribution < -0.4 is 0 Å². The highest BCUT2D eigenvalue weighted by Crippen LogP contribution is 2.41. The zero-order valence-electron chi connectivity index (χ0n) is 22.3. The van der Waals surface area contributed by atoms with Crippen molar-refractivity contribution in [2.75, 3.05) is 6.61 Å². The van der Waals surface area contributed by atoms with Gasteiger partial charge in [-0.3, -0.25) is 0 Å². The van der Waals surface area contributed by atoms with Crippen LogP contribution >= 0.6 is 0 Å². The molecule has 0 spiro atoms. The first-order chi connectivity index (χ1) is 15.0. The Kier molecular flexibility index (Phi) is 8.61. The number of benzene rings is 1. The predicted molar refractivity (Wildman–Crippen MR) is 143 cm³/mol. The summed E-state index contributed by atoms with van der Waals surface area (Å²) in [7, 11) is -4.20. The molecule has 0 saturated heterocycles. The van der Waals surface area contributed by atoms with Gasteiger partial charge in [0.25, 0.3) is 0 Å². The van der Waals surface area contributed by atoms with Crippen molar-refractivity contribution < 1.29 is 18.7 Å². The topological polar surface area (TPSA) is 60.3 Å². The van der Waals surface area contributed by atoms with Crippen LogP contribution in [0.25, 0.3) is 0 Å². The van der Waals surface area contributed by atoms with Gasteiger partial charge >= 0.3 is 0 Å². The first-order valence-corrected chi connectivity index (χ1v) is 17.7. The number of aliphatic imine (C=N–C) groups is 1. The number of nitrogens with zero attached hydrogens (tertiary/aromatic N) is 1. The molecule has 4 atom stereocenters. The van der Waals surface area contributed by atoms with Crippen molar-refractivity contribution in [3.8, 4) is 0 Å². The maximum absolute atomic E-state index is 10.9. The van der Waals surface area contributed by atoms with Gasteiger partial charge in [0.1, 0.15) is 18.2 Å². The second kappa shape index (κ2) is 10.2. The lowest BCUT2D eigenvalue weighted by Crippen LogP contribution is -2.58. The Morgan fingerprint density at radius 1 is 1.03 bits per heavy atom. The van der Waals surface area contributed by atoms with Crippen molar-refractivity contribution in [3.05, 3.63) is 48.6 Å². The second-order valence-electron chi connectivity index (χ2n) is 12.1. The number of rotatable bonds is 8. The molecular weight excluding hydrogens is 446 g/mol. The average molecular weight is 492 g/mol. The molecule has 33 heavy (non-hydrogen) atoms. The molecule has 0 fully saturated rings. The van der Waals surface area contributed by atoms with Crippen LogP contribution in [0.4, 0.5) is 0 Å². The standard InChI is InChI=1S/C26H45NO4Si2/c1-12-21(28)23-22(31-33(10,11)26(5,6)7)20(18-29-32(8,9)25(2,3)4)27-24(30-23)19-16-14-13-15-17-19/h12-17,20-23,28H,1,18H2,2-11H3/t20-,21-,22-,23-/m1/s1. The van der Waals surface area contributed by atoms with Gasteiger partial charge in [0.05, 0.1) is 6.61 Å². The maximum atomic E-state index is 10.9. The van der Waals surface area contributed by atoms with E-state index in [9.17, 15) is 5.11 Å². The van der Waals surface area contributed by atoms with Crippen molar-refractivity contribution in [2.45, 2.75) is 102 Å². The summed E-state index contributed by atoms with van der Waals surface area (Å²) in [5.74, 6) is 0.514. The van der Waals surface area contributed by atoms with Crippen LogP contribution in [0.3, 0.4) is 0 Å². The molecule has 7 heteroatoms. The lowest BCUT2D eigenvalue weighted by atomic mass is 9.99. The summed E-state index contributed by atoms with van der Waals surface area (Å²) in [6, 6.07) is 9.52. The van der Waals surface area contributed by atoms with Crippen molar-refractivity contribution in [3.63, 3.8) is 0 Å². The minimum atomic E-state index is -2.19. The van der Waals surface area contributed by atoms with Gasteiger partial charge in [0, 0.05) is 5.56 Å². The SMILES string of the molecule is C=C[C@@H](O)[C@H]1OC(c2ccccc2)=N[C@H](CO[Si](C)(C)C(C)(C)C)[C@H]1O[Si](C)(C)C(C)(C)C. The molecule has 0 saturated carbocycles. The summed E-state index contributed by atoms with van der Waals surface area (Å²) >= 11 is 0. The number of hydrogen-bond acceptors (Lipinski definition) is 5. The van der Waals surface area contributed by atoms with Crippen LogP contribution in [-0.4, -0.2) is 58.6 Å². The molecule has 1 N–H and O–H groups in total. The summed E-state index contributed by atoms with van der Waals surface area (Å²) in [5, 5.41) is 11.0. The van der Waals surface area contributed by atoms with Crippen molar-refractivity contribution in [1.29, 1.82) is 0 Å². The van der Waals surface area contributed by atoms with E-state index >= 15 is 0 Å². The fourth-order valence-electron chi connectivity index (χ4n) is 3.10. The Labute approximate surface area is 203 Å². The number of ether oxygens (including phenoxy) is 1. The molecule has 5 nitrogen and oxygen atoms in total. The van der Waals surface area contributed by atoms with E-state index in [0.29, 0.717) is 12.5 Å². The molecule has 1 aromatic carbocycles. The van der Waals surface area contributed by atoms with Gasteiger partial charge < -0.3 is 18.7 Å². The van der Waals surface area contributed by atoms with Crippen molar-refractivity contribution in [1.82, 2.24) is 0 Å². The van der Waals surface area contributed by atoms with Gasteiger partial charge in [-0.25, -0.2) is 4.99 Å². The summed E-state index contributed by atoms with van der Waals surface area (Å²) in [6.07, 6.45) is -0.412. The van der Waals surface area contributed by atoms with Gasteiger partial charge in [-0.2, -0.15) is 0 Å². The smallest absolute Gasteiger partial charge is 0.217 e. The van der Waals surface area contributed by atoms with Gasteiger partial charge in [-0.05, 0) is 48.4 Å². The van der Waals surface area contributed by atoms with Crippen LogP contribution in [-0.2, 0) is 13.6 Å². The summed E-state index contributed by atoms with van der Waals surface area (Å²) in [4.78, 5) is 5.00. The number of hydrogen-bond donors (Lipinski definition) is 1. The molecule has 0 radical (unpaired) electrons. The highest BCUT2D eigenvalue weighted by Gasteiger charge is 2.48. The molecule has 2 rings (SSSR count). The van der Waals surface area contributed by atoms with Crippen LogP contribution in [0.5, 0.6) is 0 Å². The fourth-order valence-corrected chi connectivity index (χ4v) is 5.44. The van der Waals surface area contributed by atoms with E-state index in [0.717, 1.165) is 5.56 Å². The minimum Gasteiger partial charge on any atom is -0.468 e. The van der Waals surface area contributed by atoms with Crippen LogP contribution in [0.15, 0.2) is 48.0 Å². The minimum absolute atomic E-state index is 0.00490. The van der Waals surface area contributed by atoms with Gasteiger partial charge in [0.2, 0.25) is 5.90 Å². The van der Waals surface area contributed by atoms with E-state index in [1.165, 1.54) is 6.08 Å². The van der Waals surface area contributed by atoms with E-state index in [2.05, 4.69) is 74.3 Å². The third-order valence-electron chi connectivity index (χ3n) is 7.49. The van der Waals surface area contributed by atoms with Crippen LogP contribution in [0, 0.1) is 0 Å². The zero-order chi connectivity index (χ0) is 25.2. The molecule has 1 aromatic rings. The van der Waals surface area contributed by atoms with E-state index in [-0.39, 0.29) is 16.1 Å². The third-order valence-corrected chi connectivity index (χ3v) is 16.5. The molecule has 1 heterocycles. The Hall–Kier alpha value is -1.26. The largest absolute Gasteiger partial charge is 0.468 e. The van der Waals surface area contributed by atoms with E-state index in [1.54, 1.807) is 0 Å². The zero-order valence-corrected chi connectivity index (χ0v) is 24.3. The molecule has 0 aromatic heterocycles. The average Bonchev–Trinajstić information content (AvgIpc) is 2.71. The van der Waals surface area contributed by atoms with Crippen molar-refractivity contribution >= 4 is 22.5 Å². The first kappa shape index (κ1) is 28.0. The quantitative estimate of drug-likeness (QED) is 0.349. The molecule has 0 bridgehead atoms. The van der Waals surface area contributed by atoms with Crippen LogP contribution in [0.2, 0.25) is 36.3 Å². The predicted octanol–water partition coefficient (Wildman–Crippen LogP) is 6.16. The maximum Gasteiger partial charge on any atom is 0.217 e. The summed E-state index contributed by atoms with van der Waals surface area (Å²) in [6.45, 7) is 26.5. The molecule has 0 amide bonds. The lowest BCUT2D eigenvalue weighted by Gasteiger charge is -2.46. The monoisotopic (exact) mass is 491 g/mol. The summed E-state index contributed by atoms with van der Waals surface area (Å²) < 4.78 is 19.8. The Morgan fingerprint density at radius 2 is 1.58 bits per heavy atom. The molecule has 1 aliphatic heterocycles. The van der Waals surface area contributed by atoms with Gasteiger partial charge in [-0.1, -0.05) is 65.8 Å². The Bertz CT molecular complexity index is 825. The summed E-state index contributed by atoms with van der Waals surface area (Å²) in [5.41, 5.74) is 0.877. The number of aliphatic hydroxyl groups excluding tert-OH is 1. The third kappa shape index (κ3) is 6.66. The highest BCUT2D eigenvalue weighted by molar-refractivity contribution is 6.74. The molecule has 1 aliphatic rings. The first-order valence-electron chi connectivity index (χ1n) is 11.9. The van der Waals surface area contributed by atoms with Crippen LogP contribution in [0.1, 0.15) is 47.1 Å². The Balaban J connectivity index is 2.51. The number of aliphatic hydroxyl groups is 1. The van der Waals surface area contributed by atoms with Gasteiger partial charge in [0.15, 0.2) is 22.7 Å².